The van der Waals surface area contributed by atoms with Gasteiger partial charge in [-0.05, 0) is 84.3 Å². The molecule has 0 saturated carbocycles. The van der Waals surface area contributed by atoms with E-state index in [9.17, 15) is 9.18 Å². The van der Waals surface area contributed by atoms with Gasteiger partial charge in [0.05, 0.1) is 5.69 Å². The second-order valence-electron chi connectivity index (χ2n) is 9.72. The molecule has 4 nitrogen and oxygen atoms in total. The molecule has 186 valence electrons. The lowest BCUT2D eigenvalue weighted by atomic mass is 9.88. The molecule has 0 atom stereocenters. The van der Waals surface area contributed by atoms with Gasteiger partial charge in [0.1, 0.15) is 11.6 Å². The van der Waals surface area contributed by atoms with E-state index in [4.69, 9.17) is 21.3 Å². The predicted octanol–water partition coefficient (Wildman–Crippen LogP) is 6.39. The molecule has 1 saturated heterocycles. The highest BCUT2D eigenvalue weighted by molar-refractivity contribution is 6.30. The van der Waals surface area contributed by atoms with Crippen molar-refractivity contribution in [2.45, 2.75) is 25.7 Å². The maximum absolute atomic E-state index is 13.3. The molecular formula is C31H26ClFN2O2. The summed E-state index contributed by atoms with van der Waals surface area (Å²) in [5, 5.41) is 0.767. The minimum absolute atomic E-state index is 0.295. The normalized spacial score (nSPS) is 18.8. The van der Waals surface area contributed by atoms with Crippen molar-refractivity contribution >= 4 is 29.2 Å². The van der Waals surface area contributed by atoms with Gasteiger partial charge in [0.25, 0.3) is 0 Å². The summed E-state index contributed by atoms with van der Waals surface area (Å²) < 4.78 is 18.7. The van der Waals surface area contributed by atoms with Crippen molar-refractivity contribution in [3.8, 4) is 0 Å². The molecule has 0 amide bonds. The van der Waals surface area contributed by atoms with Gasteiger partial charge in [-0.2, -0.15) is 0 Å². The van der Waals surface area contributed by atoms with Crippen LogP contribution in [-0.2, 0) is 22.4 Å². The number of hydrogen-bond acceptors (Lipinski definition) is 4. The molecule has 0 bridgehead atoms. The number of ether oxygens (including phenoxy) is 1. The fraction of sp³-hybridized carbons (Fsp3) is 0.226. The number of rotatable bonds is 3. The quantitative estimate of drug-likeness (QED) is 0.381. The highest BCUT2D eigenvalue weighted by atomic mass is 35.5. The molecule has 3 heterocycles. The number of fused-ring (bicyclic) bond motifs is 2. The Labute approximate surface area is 220 Å². The Morgan fingerprint density at radius 2 is 1.78 bits per heavy atom. The standard InChI is InChI=1S/C31H26ClFN2O2/c32-25-7-10-27-23(17-25)6-5-22-2-1-13-34-31(22)30(27)21-11-14-35(15-12-21)19-24-18-29(36)37-28(24)16-20-3-8-26(33)9-4-20/h1-4,7-10,13,16-18H,5-6,11-12,14-15,19H2/b28-16-. The lowest BCUT2D eigenvalue weighted by molar-refractivity contribution is -0.132. The Balaban J connectivity index is 1.25. The van der Waals surface area contributed by atoms with Gasteiger partial charge in [-0.3, -0.25) is 9.88 Å². The zero-order valence-corrected chi connectivity index (χ0v) is 21.1. The number of cyclic esters (lactones) is 1. The van der Waals surface area contributed by atoms with Crippen LogP contribution in [0.2, 0.25) is 5.02 Å². The number of likely N-dealkylation sites (tertiary alicyclic amines) is 1. The third-order valence-corrected chi connectivity index (χ3v) is 7.56. The molecule has 0 spiro atoms. The first-order chi connectivity index (χ1) is 18.0. The number of aromatic nitrogens is 1. The van der Waals surface area contributed by atoms with E-state index in [1.54, 1.807) is 24.3 Å². The van der Waals surface area contributed by atoms with Crippen LogP contribution >= 0.6 is 11.6 Å². The maximum atomic E-state index is 13.3. The number of halogens is 2. The molecule has 6 rings (SSSR count). The van der Waals surface area contributed by atoms with Gasteiger partial charge in [-0.25, -0.2) is 9.18 Å². The first-order valence-corrected chi connectivity index (χ1v) is 13.0. The molecular weight excluding hydrogens is 487 g/mol. The molecule has 1 aromatic heterocycles. The summed E-state index contributed by atoms with van der Waals surface area (Å²) >= 11 is 6.36. The molecule has 0 radical (unpaired) electrons. The van der Waals surface area contributed by atoms with E-state index < -0.39 is 0 Å². The van der Waals surface area contributed by atoms with Crippen LogP contribution in [0.5, 0.6) is 0 Å². The summed E-state index contributed by atoms with van der Waals surface area (Å²) in [5.41, 5.74) is 9.21. The van der Waals surface area contributed by atoms with Crippen LogP contribution in [0.3, 0.4) is 0 Å². The SMILES string of the molecule is O=C1C=C(CN2CCC(=C3c4ccc(Cl)cc4CCc4cccnc43)CC2)/C(=C/c2ccc(F)cc2)O1. The van der Waals surface area contributed by atoms with E-state index in [0.717, 1.165) is 60.6 Å². The molecule has 2 aliphatic heterocycles. The fourth-order valence-electron chi connectivity index (χ4n) is 5.48. The van der Waals surface area contributed by atoms with Crippen molar-refractivity contribution in [2.24, 2.45) is 0 Å². The van der Waals surface area contributed by atoms with E-state index in [1.807, 2.05) is 18.3 Å². The average Bonchev–Trinajstić information content (AvgIpc) is 3.15. The summed E-state index contributed by atoms with van der Waals surface area (Å²) in [7, 11) is 0. The number of nitrogens with zero attached hydrogens (tertiary/aromatic N) is 2. The molecule has 1 aliphatic carbocycles. The Morgan fingerprint density at radius 3 is 2.59 bits per heavy atom. The van der Waals surface area contributed by atoms with Crippen LogP contribution in [-0.4, -0.2) is 35.5 Å². The largest absolute Gasteiger partial charge is 0.423 e. The van der Waals surface area contributed by atoms with Crippen LogP contribution in [0.1, 0.15) is 40.8 Å². The first-order valence-electron chi connectivity index (χ1n) is 12.6. The number of pyridine rings is 1. The predicted molar refractivity (Wildman–Crippen MR) is 143 cm³/mol. The molecule has 2 aromatic carbocycles. The molecule has 37 heavy (non-hydrogen) atoms. The summed E-state index contributed by atoms with van der Waals surface area (Å²) in [6, 6.07) is 16.6. The number of carbonyl (C=O) groups excluding carboxylic acids is 1. The van der Waals surface area contributed by atoms with Crippen LogP contribution in [0.15, 0.2) is 83.8 Å². The number of aryl methyl sites for hydroxylation is 2. The summed E-state index contributed by atoms with van der Waals surface area (Å²) in [5.74, 6) is -0.121. The Bertz CT molecular complexity index is 1460. The highest BCUT2D eigenvalue weighted by Crippen LogP contribution is 2.38. The van der Waals surface area contributed by atoms with Crippen LogP contribution in [0.25, 0.3) is 11.6 Å². The maximum Gasteiger partial charge on any atom is 0.336 e. The zero-order chi connectivity index (χ0) is 25.4. The topological polar surface area (TPSA) is 42.4 Å². The van der Waals surface area contributed by atoms with Gasteiger partial charge in [-0.15, -0.1) is 0 Å². The number of carbonyl (C=O) groups is 1. The van der Waals surface area contributed by atoms with Crippen molar-refractivity contribution in [2.75, 3.05) is 19.6 Å². The third-order valence-electron chi connectivity index (χ3n) is 7.32. The minimum atomic E-state index is -0.361. The first kappa shape index (κ1) is 23.8. The number of hydrogen-bond donors (Lipinski definition) is 0. The van der Waals surface area contributed by atoms with E-state index in [1.165, 1.54) is 40.0 Å². The van der Waals surface area contributed by atoms with Gasteiger partial charge < -0.3 is 4.74 Å². The molecule has 0 unspecified atom stereocenters. The summed E-state index contributed by atoms with van der Waals surface area (Å²) in [4.78, 5) is 19.2. The Kier molecular flexibility index (Phi) is 6.49. The minimum Gasteiger partial charge on any atom is -0.423 e. The van der Waals surface area contributed by atoms with Crippen molar-refractivity contribution in [1.29, 1.82) is 0 Å². The van der Waals surface area contributed by atoms with Gasteiger partial charge >= 0.3 is 5.97 Å². The Morgan fingerprint density at radius 1 is 1.00 bits per heavy atom. The van der Waals surface area contributed by atoms with Crippen molar-refractivity contribution in [3.63, 3.8) is 0 Å². The van der Waals surface area contributed by atoms with E-state index in [0.29, 0.717) is 12.3 Å². The molecule has 6 heteroatoms. The Hall–Kier alpha value is -3.54. The van der Waals surface area contributed by atoms with E-state index in [-0.39, 0.29) is 11.8 Å². The van der Waals surface area contributed by atoms with Crippen LogP contribution < -0.4 is 0 Å². The average molecular weight is 513 g/mol. The van der Waals surface area contributed by atoms with Crippen molar-refractivity contribution < 1.29 is 13.9 Å². The zero-order valence-electron chi connectivity index (χ0n) is 20.3. The molecule has 0 N–H and O–H groups in total. The lowest BCUT2D eigenvalue weighted by Gasteiger charge is -2.30. The van der Waals surface area contributed by atoms with E-state index in [2.05, 4.69) is 23.1 Å². The van der Waals surface area contributed by atoms with Gasteiger partial charge in [-0.1, -0.05) is 41.4 Å². The highest BCUT2D eigenvalue weighted by Gasteiger charge is 2.27. The molecule has 3 aliphatic rings. The third kappa shape index (κ3) is 5.02. The number of piperidine rings is 1. The fourth-order valence-corrected chi connectivity index (χ4v) is 5.67. The number of benzene rings is 2. The van der Waals surface area contributed by atoms with Crippen molar-refractivity contribution in [3.05, 3.63) is 123 Å². The van der Waals surface area contributed by atoms with Crippen LogP contribution in [0.4, 0.5) is 4.39 Å². The van der Waals surface area contributed by atoms with E-state index >= 15 is 0 Å². The monoisotopic (exact) mass is 512 g/mol. The second kappa shape index (κ2) is 10.1. The summed E-state index contributed by atoms with van der Waals surface area (Å²) in [6.07, 6.45) is 8.99. The molecule has 1 fully saturated rings. The lowest BCUT2D eigenvalue weighted by Crippen LogP contribution is -2.33. The number of esters is 1. The van der Waals surface area contributed by atoms with Crippen LogP contribution in [0, 0.1) is 5.82 Å². The second-order valence-corrected chi connectivity index (χ2v) is 10.2. The summed E-state index contributed by atoms with van der Waals surface area (Å²) in [6.45, 7) is 2.38. The smallest absolute Gasteiger partial charge is 0.336 e. The van der Waals surface area contributed by atoms with Crippen molar-refractivity contribution in [1.82, 2.24) is 9.88 Å². The van der Waals surface area contributed by atoms with Gasteiger partial charge in [0, 0.05) is 48.1 Å². The van der Waals surface area contributed by atoms with Gasteiger partial charge in [0.15, 0.2) is 0 Å². The van der Waals surface area contributed by atoms with Gasteiger partial charge in [0.2, 0.25) is 0 Å². The molecule has 3 aromatic rings.